The summed E-state index contributed by atoms with van der Waals surface area (Å²) in [5.74, 6) is 0.445. The summed E-state index contributed by atoms with van der Waals surface area (Å²) < 4.78 is 0. The van der Waals surface area contributed by atoms with E-state index in [0.717, 1.165) is 6.54 Å². The first-order chi connectivity index (χ1) is 4.20. The van der Waals surface area contributed by atoms with Gasteiger partial charge in [0.1, 0.15) is 0 Å². The molecule has 0 bridgehead atoms. The number of carboxylic acid groups (broad SMARTS) is 1. The molecule has 0 aromatic carbocycles. The number of hydrazine groups is 1. The third-order valence-electron chi connectivity index (χ3n) is 1.36. The van der Waals surface area contributed by atoms with E-state index in [4.69, 9.17) is 5.11 Å². The van der Waals surface area contributed by atoms with Crippen molar-refractivity contribution in [3.05, 3.63) is 0 Å². The van der Waals surface area contributed by atoms with Gasteiger partial charge < -0.3 is 5.11 Å². The van der Waals surface area contributed by atoms with Crippen LogP contribution in [0.3, 0.4) is 0 Å². The average molecular weight is 130 g/mol. The van der Waals surface area contributed by atoms with E-state index >= 15 is 0 Å². The van der Waals surface area contributed by atoms with Crippen molar-refractivity contribution in [1.29, 1.82) is 0 Å². The van der Waals surface area contributed by atoms with E-state index in [-0.39, 0.29) is 0 Å². The molecule has 1 rings (SSSR count). The van der Waals surface area contributed by atoms with Gasteiger partial charge >= 0.3 is 6.09 Å². The van der Waals surface area contributed by atoms with Crippen LogP contribution < -0.4 is 5.43 Å². The van der Waals surface area contributed by atoms with Crippen molar-refractivity contribution in [1.82, 2.24) is 10.4 Å². The molecule has 0 saturated carbocycles. The van der Waals surface area contributed by atoms with Crippen LogP contribution in [-0.4, -0.2) is 29.3 Å². The number of rotatable bonds is 0. The van der Waals surface area contributed by atoms with Gasteiger partial charge in [0.2, 0.25) is 0 Å². The van der Waals surface area contributed by atoms with E-state index in [1.165, 1.54) is 5.01 Å². The van der Waals surface area contributed by atoms with E-state index in [0.29, 0.717) is 12.5 Å². The standard InChI is InChI=1S/C5H10N2O2/c1-4-2-6-7(3-4)5(8)9/h4,6H,2-3H2,1H3,(H,8,9). The van der Waals surface area contributed by atoms with Gasteiger partial charge in [-0.05, 0) is 5.92 Å². The minimum Gasteiger partial charge on any atom is -0.464 e. The fourth-order valence-corrected chi connectivity index (χ4v) is 0.853. The molecular formula is C5H10N2O2. The molecule has 0 aromatic rings. The van der Waals surface area contributed by atoms with Gasteiger partial charge in [0, 0.05) is 13.1 Å². The molecule has 1 unspecified atom stereocenters. The lowest BCUT2D eigenvalue weighted by atomic mass is 10.2. The first-order valence-electron chi connectivity index (χ1n) is 2.94. The highest BCUT2D eigenvalue weighted by molar-refractivity contribution is 5.64. The van der Waals surface area contributed by atoms with Crippen molar-refractivity contribution < 1.29 is 9.90 Å². The molecule has 0 aliphatic carbocycles. The van der Waals surface area contributed by atoms with Crippen LogP contribution in [0.2, 0.25) is 0 Å². The largest absolute Gasteiger partial charge is 0.464 e. The lowest BCUT2D eigenvalue weighted by molar-refractivity contribution is 0.137. The SMILES string of the molecule is CC1CNN(C(=O)O)C1. The second kappa shape index (κ2) is 2.23. The lowest BCUT2D eigenvalue weighted by Crippen LogP contribution is -2.35. The number of hydrogen-bond donors (Lipinski definition) is 2. The third-order valence-corrected chi connectivity index (χ3v) is 1.36. The van der Waals surface area contributed by atoms with E-state index in [1.807, 2.05) is 6.92 Å². The van der Waals surface area contributed by atoms with Crippen LogP contribution in [-0.2, 0) is 0 Å². The van der Waals surface area contributed by atoms with Gasteiger partial charge in [0.25, 0.3) is 0 Å². The first-order valence-corrected chi connectivity index (χ1v) is 2.94. The molecule has 1 aliphatic heterocycles. The minimum absolute atomic E-state index is 0.445. The lowest BCUT2D eigenvalue weighted by Gasteiger charge is -2.08. The predicted octanol–water partition coefficient (Wildman–Crippen LogP) is 0.121. The monoisotopic (exact) mass is 130 g/mol. The fraction of sp³-hybridized carbons (Fsp3) is 0.800. The van der Waals surface area contributed by atoms with Crippen LogP contribution >= 0.6 is 0 Å². The molecule has 0 spiro atoms. The number of carbonyl (C=O) groups is 1. The van der Waals surface area contributed by atoms with Crippen molar-refractivity contribution in [3.8, 4) is 0 Å². The summed E-state index contributed by atoms with van der Waals surface area (Å²) in [4.78, 5) is 10.2. The molecule has 1 amide bonds. The van der Waals surface area contributed by atoms with Gasteiger partial charge in [-0.15, -0.1) is 0 Å². The van der Waals surface area contributed by atoms with Gasteiger partial charge in [-0.1, -0.05) is 6.92 Å². The van der Waals surface area contributed by atoms with E-state index in [9.17, 15) is 4.79 Å². The molecule has 1 aliphatic rings. The smallest absolute Gasteiger partial charge is 0.421 e. The van der Waals surface area contributed by atoms with Crippen molar-refractivity contribution in [2.75, 3.05) is 13.1 Å². The predicted molar refractivity (Wildman–Crippen MR) is 31.9 cm³/mol. The molecule has 1 fully saturated rings. The Kier molecular flexibility index (Phi) is 1.57. The summed E-state index contributed by atoms with van der Waals surface area (Å²) in [6.07, 6.45) is -0.889. The zero-order valence-electron chi connectivity index (χ0n) is 5.29. The van der Waals surface area contributed by atoms with Crippen molar-refractivity contribution in [2.24, 2.45) is 5.92 Å². The Morgan fingerprint density at radius 2 is 2.56 bits per heavy atom. The van der Waals surface area contributed by atoms with Gasteiger partial charge in [-0.2, -0.15) is 0 Å². The third kappa shape index (κ3) is 1.32. The van der Waals surface area contributed by atoms with Crippen molar-refractivity contribution in [3.63, 3.8) is 0 Å². The summed E-state index contributed by atoms with van der Waals surface area (Å²) in [5.41, 5.74) is 2.74. The quantitative estimate of drug-likeness (QED) is 0.489. The number of nitrogens with one attached hydrogen (secondary N) is 1. The Morgan fingerprint density at radius 3 is 2.78 bits per heavy atom. The minimum atomic E-state index is -0.889. The van der Waals surface area contributed by atoms with E-state index in [1.54, 1.807) is 0 Å². The van der Waals surface area contributed by atoms with Crippen molar-refractivity contribution in [2.45, 2.75) is 6.92 Å². The molecule has 0 radical (unpaired) electrons. The average Bonchev–Trinajstić information content (AvgIpc) is 2.14. The zero-order valence-corrected chi connectivity index (χ0v) is 5.29. The zero-order chi connectivity index (χ0) is 6.85. The Hall–Kier alpha value is -0.770. The Morgan fingerprint density at radius 1 is 1.89 bits per heavy atom. The molecule has 1 atom stereocenters. The first kappa shape index (κ1) is 6.35. The number of amides is 1. The topological polar surface area (TPSA) is 52.6 Å². The highest BCUT2D eigenvalue weighted by Gasteiger charge is 2.21. The second-order valence-electron chi connectivity index (χ2n) is 2.36. The maximum absolute atomic E-state index is 10.2. The Labute approximate surface area is 53.4 Å². The Bertz CT molecular complexity index is 126. The van der Waals surface area contributed by atoms with Crippen LogP contribution in [0.25, 0.3) is 0 Å². The summed E-state index contributed by atoms with van der Waals surface area (Å²) in [7, 11) is 0. The van der Waals surface area contributed by atoms with Gasteiger partial charge in [-0.3, -0.25) is 0 Å². The van der Waals surface area contributed by atoms with Gasteiger partial charge in [-0.25, -0.2) is 15.2 Å². The highest BCUT2D eigenvalue weighted by atomic mass is 16.4. The fourth-order valence-electron chi connectivity index (χ4n) is 0.853. The molecule has 0 aromatic heterocycles. The van der Waals surface area contributed by atoms with Crippen molar-refractivity contribution >= 4 is 6.09 Å². The van der Waals surface area contributed by atoms with Gasteiger partial charge in [0.05, 0.1) is 0 Å². The highest BCUT2D eigenvalue weighted by Crippen LogP contribution is 2.03. The summed E-state index contributed by atoms with van der Waals surface area (Å²) >= 11 is 0. The van der Waals surface area contributed by atoms with Crippen LogP contribution in [0.1, 0.15) is 6.92 Å². The molecule has 2 N–H and O–H groups in total. The van der Waals surface area contributed by atoms with E-state index in [2.05, 4.69) is 5.43 Å². The summed E-state index contributed by atoms with van der Waals surface area (Å²) in [6.45, 7) is 3.39. The van der Waals surface area contributed by atoms with Crippen LogP contribution in [0.15, 0.2) is 0 Å². The second-order valence-corrected chi connectivity index (χ2v) is 2.36. The number of hydrogen-bond acceptors (Lipinski definition) is 2. The van der Waals surface area contributed by atoms with Crippen LogP contribution in [0.4, 0.5) is 4.79 Å². The molecule has 1 saturated heterocycles. The summed E-state index contributed by atoms with van der Waals surface area (Å²) in [6, 6.07) is 0. The molecule has 52 valence electrons. The van der Waals surface area contributed by atoms with Gasteiger partial charge in [0.15, 0.2) is 0 Å². The maximum Gasteiger partial charge on any atom is 0.421 e. The Balaban J connectivity index is 2.39. The van der Waals surface area contributed by atoms with E-state index < -0.39 is 6.09 Å². The van der Waals surface area contributed by atoms with Crippen LogP contribution in [0, 0.1) is 5.92 Å². The van der Waals surface area contributed by atoms with Crippen LogP contribution in [0.5, 0.6) is 0 Å². The molecular weight excluding hydrogens is 120 g/mol. The molecule has 9 heavy (non-hydrogen) atoms. The molecule has 1 heterocycles. The number of nitrogens with zero attached hydrogens (tertiary/aromatic N) is 1. The normalized spacial score (nSPS) is 26.8. The molecule has 4 heteroatoms. The maximum atomic E-state index is 10.2. The summed E-state index contributed by atoms with van der Waals surface area (Å²) in [5, 5.41) is 9.61. The molecule has 4 nitrogen and oxygen atoms in total.